The molecule has 1 aromatic heterocycles. The van der Waals surface area contributed by atoms with Gasteiger partial charge < -0.3 is 24.1 Å². The van der Waals surface area contributed by atoms with Gasteiger partial charge in [-0.05, 0) is 59.5 Å². The van der Waals surface area contributed by atoms with E-state index >= 15 is 0 Å². The van der Waals surface area contributed by atoms with Crippen LogP contribution in [-0.2, 0) is 4.74 Å². The minimum Gasteiger partial charge on any atom is -0.492 e. The van der Waals surface area contributed by atoms with Gasteiger partial charge in [-0.3, -0.25) is 9.69 Å². The topological polar surface area (TPSA) is 67.2 Å². The monoisotopic (exact) mass is 477 g/mol. The molecule has 30 heavy (non-hydrogen) atoms. The lowest BCUT2D eigenvalue weighted by molar-refractivity contribution is 0.0322. The van der Waals surface area contributed by atoms with Crippen molar-refractivity contribution in [2.45, 2.75) is 19.3 Å². The molecule has 2 saturated heterocycles. The third-order valence-corrected chi connectivity index (χ3v) is 5.92. The predicted octanol–water partition coefficient (Wildman–Crippen LogP) is 4.00. The van der Waals surface area contributed by atoms with Crippen molar-refractivity contribution in [1.29, 1.82) is 0 Å². The molecule has 8 heteroatoms. The third kappa shape index (κ3) is 5.56. The maximum absolute atomic E-state index is 12.7. The molecular formula is C22H28BrN3O4. The Morgan fingerprint density at radius 2 is 1.87 bits per heavy atom. The molecule has 2 fully saturated rings. The number of amides is 1. The number of carbonyl (C=O) groups is 1. The Bertz CT molecular complexity index is 845. The van der Waals surface area contributed by atoms with E-state index in [0.717, 1.165) is 75.9 Å². The van der Waals surface area contributed by atoms with Crippen LogP contribution in [0.15, 0.2) is 39.4 Å². The minimum absolute atomic E-state index is 0.269. The van der Waals surface area contributed by atoms with Gasteiger partial charge in [-0.15, -0.1) is 0 Å². The van der Waals surface area contributed by atoms with E-state index in [2.05, 4.69) is 31.0 Å². The number of benzene rings is 1. The lowest BCUT2D eigenvalue weighted by atomic mass is 10.1. The van der Waals surface area contributed by atoms with Gasteiger partial charge in [0.05, 0.1) is 24.6 Å². The quantitative estimate of drug-likeness (QED) is 0.649. The van der Waals surface area contributed by atoms with E-state index in [1.807, 2.05) is 18.2 Å². The Balaban J connectivity index is 1.46. The lowest BCUT2D eigenvalue weighted by Gasteiger charge is -2.31. The van der Waals surface area contributed by atoms with Gasteiger partial charge in [-0.1, -0.05) is 0 Å². The maximum Gasteiger partial charge on any atom is 0.291 e. The number of anilines is 2. The molecule has 0 bridgehead atoms. The second-order valence-corrected chi connectivity index (χ2v) is 8.37. The molecule has 4 rings (SSSR count). The molecule has 162 valence electrons. The summed E-state index contributed by atoms with van der Waals surface area (Å²) < 4.78 is 17.3. The van der Waals surface area contributed by atoms with Crippen molar-refractivity contribution in [1.82, 2.24) is 4.90 Å². The summed E-state index contributed by atoms with van der Waals surface area (Å²) in [6.45, 7) is 6.89. The van der Waals surface area contributed by atoms with Gasteiger partial charge >= 0.3 is 0 Å². The average molecular weight is 478 g/mol. The smallest absolute Gasteiger partial charge is 0.291 e. The summed E-state index contributed by atoms with van der Waals surface area (Å²) in [4.78, 5) is 17.4. The van der Waals surface area contributed by atoms with Crippen LogP contribution in [0.1, 0.15) is 29.8 Å². The van der Waals surface area contributed by atoms with E-state index in [9.17, 15) is 4.79 Å². The van der Waals surface area contributed by atoms with Gasteiger partial charge in [0.1, 0.15) is 12.4 Å². The fourth-order valence-corrected chi connectivity index (χ4v) is 4.16. The molecule has 1 amide bonds. The summed E-state index contributed by atoms with van der Waals surface area (Å²) in [6, 6.07) is 9.32. The van der Waals surface area contributed by atoms with Crippen LogP contribution < -0.4 is 15.0 Å². The van der Waals surface area contributed by atoms with E-state index in [-0.39, 0.29) is 11.7 Å². The number of nitrogens with one attached hydrogen (secondary N) is 1. The van der Waals surface area contributed by atoms with Crippen LogP contribution in [0.3, 0.4) is 0 Å². The summed E-state index contributed by atoms with van der Waals surface area (Å²) in [5, 5.41) is 3.02. The largest absolute Gasteiger partial charge is 0.492 e. The minimum atomic E-state index is -0.274. The van der Waals surface area contributed by atoms with Crippen molar-refractivity contribution < 1.29 is 18.7 Å². The molecule has 1 N–H and O–H groups in total. The van der Waals surface area contributed by atoms with Gasteiger partial charge in [0.15, 0.2) is 10.4 Å². The molecule has 2 aliphatic heterocycles. The normalized spacial score (nSPS) is 17.7. The SMILES string of the molecule is O=C(Nc1cc(OCCN2CCOCC2)ccc1N1CCCCC1)c1ccc(Br)o1. The number of ether oxygens (including phenoxy) is 2. The molecule has 2 aromatic rings. The Labute approximate surface area is 185 Å². The highest BCUT2D eigenvalue weighted by atomic mass is 79.9. The molecule has 0 spiro atoms. The van der Waals surface area contributed by atoms with Crippen molar-refractivity contribution in [2.75, 3.05) is 62.8 Å². The van der Waals surface area contributed by atoms with Crippen molar-refractivity contribution >= 4 is 33.2 Å². The molecule has 7 nitrogen and oxygen atoms in total. The van der Waals surface area contributed by atoms with Crippen molar-refractivity contribution in [2.24, 2.45) is 0 Å². The third-order valence-electron chi connectivity index (χ3n) is 5.49. The second kappa shape index (κ2) is 10.3. The van der Waals surface area contributed by atoms with E-state index in [4.69, 9.17) is 13.9 Å². The van der Waals surface area contributed by atoms with E-state index in [0.29, 0.717) is 11.3 Å². The first-order chi connectivity index (χ1) is 14.7. The first kappa shape index (κ1) is 21.2. The van der Waals surface area contributed by atoms with Crippen LogP contribution in [0.4, 0.5) is 11.4 Å². The summed E-state index contributed by atoms with van der Waals surface area (Å²) in [7, 11) is 0. The lowest BCUT2D eigenvalue weighted by Crippen LogP contribution is -2.38. The molecular weight excluding hydrogens is 450 g/mol. The van der Waals surface area contributed by atoms with Crippen LogP contribution in [0.2, 0.25) is 0 Å². The van der Waals surface area contributed by atoms with Crippen molar-refractivity contribution in [3.05, 3.63) is 40.8 Å². The van der Waals surface area contributed by atoms with Crippen molar-refractivity contribution in [3.63, 3.8) is 0 Å². The van der Waals surface area contributed by atoms with Crippen LogP contribution in [0.25, 0.3) is 0 Å². The van der Waals surface area contributed by atoms with E-state index in [1.54, 1.807) is 12.1 Å². The van der Waals surface area contributed by atoms with Gasteiger partial charge in [0, 0.05) is 38.8 Å². The second-order valence-electron chi connectivity index (χ2n) is 7.59. The van der Waals surface area contributed by atoms with Crippen LogP contribution in [0, 0.1) is 0 Å². The molecule has 0 aliphatic carbocycles. The molecule has 0 unspecified atom stereocenters. The van der Waals surface area contributed by atoms with Crippen LogP contribution >= 0.6 is 15.9 Å². The Morgan fingerprint density at radius 1 is 1.07 bits per heavy atom. The van der Waals surface area contributed by atoms with Gasteiger partial charge in [0.2, 0.25) is 0 Å². The molecule has 3 heterocycles. The molecule has 2 aliphatic rings. The number of morpholine rings is 1. The number of furan rings is 1. The summed E-state index contributed by atoms with van der Waals surface area (Å²) >= 11 is 3.25. The van der Waals surface area contributed by atoms with Crippen LogP contribution in [0.5, 0.6) is 5.75 Å². The van der Waals surface area contributed by atoms with Gasteiger partial charge in [-0.25, -0.2) is 0 Å². The predicted molar refractivity (Wildman–Crippen MR) is 120 cm³/mol. The first-order valence-electron chi connectivity index (χ1n) is 10.6. The number of rotatable bonds is 7. The Morgan fingerprint density at radius 3 is 2.60 bits per heavy atom. The highest BCUT2D eigenvalue weighted by Crippen LogP contribution is 2.33. The number of hydrogen-bond acceptors (Lipinski definition) is 6. The Kier molecular flexibility index (Phi) is 7.30. The number of piperidine rings is 1. The zero-order chi connectivity index (χ0) is 20.8. The number of halogens is 1. The fraction of sp³-hybridized carbons (Fsp3) is 0.500. The summed E-state index contributed by atoms with van der Waals surface area (Å²) in [5.74, 6) is 0.745. The van der Waals surface area contributed by atoms with Crippen LogP contribution in [-0.4, -0.2) is 63.4 Å². The highest BCUT2D eigenvalue weighted by molar-refractivity contribution is 9.10. The maximum atomic E-state index is 12.7. The Hall–Kier alpha value is -2.03. The standard InChI is InChI=1S/C22H28BrN3O4/c23-21-7-6-20(30-21)22(27)24-18-16-17(29-15-12-25-10-13-28-14-11-25)4-5-19(18)26-8-2-1-3-9-26/h4-7,16H,1-3,8-15H2,(H,24,27). The fourth-order valence-electron chi connectivity index (χ4n) is 3.85. The van der Waals surface area contributed by atoms with Crippen molar-refractivity contribution in [3.8, 4) is 5.75 Å². The first-order valence-corrected chi connectivity index (χ1v) is 11.4. The molecule has 1 aromatic carbocycles. The number of nitrogens with zero attached hydrogens (tertiary/aromatic N) is 2. The molecule has 0 saturated carbocycles. The summed E-state index contributed by atoms with van der Waals surface area (Å²) in [6.07, 6.45) is 3.58. The molecule has 0 atom stereocenters. The number of hydrogen-bond donors (Lipinski definition) is 1. The highest BCUT2D eigenvalue weighted by Gasteiger charge is 2.19. The van der Waals surface area contributed by atoms with Gasteiger partial charge in [-0.2, -0.15) is 0 Å². The summed E-state index contributed by atoms with van der Waals surface area (Å²) in [5.41, 5.74) is 1.77. The van der Waals surface area contributed by atoms with E-state index in [1.165, 1.54) is 6.42 Å². The zero-order valence-corrected chi connectivity index (χ0v) is 18.7. The molecule has 0 radical (unpaired) electrons. The van der Waals surface area contributed by atoms with Gasteiger partial charge in [0.25, 0.3) is 5.91 Å². The number of carbonyl (C=O) groups excluding carboxylic acids is 1. The zero-order valence-electron chi connectivity index (χ0n) is 17.1. The van der Waals surface area contributed by atoms with E-state index < -0.39 is 0 Å². The average Bonchev–Trinajstić information content (AvgIpc) is 3.22.